The van der Waals surface area contributed by atoms with Gasteiger partial charge in [-0.05, 0) is 74.5 Å². The molecule has 0 spiro atoms. The lowest BCUT2D eigenvalue weighted by Gasteiger charge is -2.18. The van der Waals surface area contributed by atoms with Crippen molar-refractivity contribution >= 4 is 41.2 Å². The molecule has 10 nitrogen and oxygen atoms in total. The van der Waals surface area contributed by atoms with Crippen molar-refractivity contribution in [3.05, 3.63) is 99.6 Å². The first-order valence-electron chi connectivity index (χ1n) is 11.0. The van der Waals surface area contributed by atoms with E-state index in [9.17, 15) is 24.5 Å². The number of anilines is 1. The monoisotopic (exact) mass is 489 g/mol. The van der Waals surface area contributed by atoms with E-state index in [0.717, 1.165) is 0 Å². The Morgan fingerprint density at radius 3 is 1.75 bits per heavy atom. The topological polar surface area (TPSA) is 128 Å². The number of nitro groups is 1. The number of ether oxygens (including phenoxy) is 2. The van der Waals surface area contributed by atoms with Crippen molar-refractivity contribution in [2.24, 2.45) is 4.99 Å². The van der Waals surface area contributed by atoms with Crippen molar-refractivity contribution < 1.29 is 28.8 Å². The maximum absolute atomic E-state index is 13.3. The third kappa shape index (κ3) is 6.38. The molecule has 36 heavy (non-hydrogen) atoms. The molecule has 0 aliphatic carbocycles. The molecule has 0 saturated carbocycles. The zero-order valence-electron chi connectivity index (χ0n) is 19.6. The quantitative estimate of drug-likeness (QED) is 0.137. The van der Waals surface area contributed by atoms with Gasteiger partial charge in [-0.25, -0.2) is 14.6 Å². The zero-order chi connectivity index (χ0) is 26.1. The van der Waals surface area contributed by atoms with Crippen LogP contribution in [0.4, 0.5) is 17.1 Å². The van der Waals surface area contributed by atoms with Crippen LogP contribution in [0.2, 0.25) is 0 Å². The molecule has 3 aromatic rings. The van der Waals surface area contributed by atoms with Crippen LogP contribution >= 0.6 is 0 Å². The average Bonchev–Trinajstić information content (AvgIpc) is 2.89. The van der Waals surface area contributed by atoms with E-state index < -0.39 is 22.8 Å². The highest BCUT2D eigenvalue weighted by molar-refractivity contribution is 6.17. The minimum atomic E-state index is -0.554. The second kappa shape index (κ2) is 12.0. The lowest BCUT2D eigenvalue weighted by Crippen LogP contribution is -2.29. The molecule has 3 rings (SSSR count). The SMILES string of the molecule is CCOC(=O)c1ccc(N=CN(C(=O)c2ccc([N+](=O)[O-])cc2)c2ccc(C(=O)OCC)cc2)cc1. The van der Waals surface area contributed by atoms with E-state index in [4.69, 9.17) is 9.47 Å². The first kappa shape index (κ1) is 25.8. The molecule has 0 heterocycles. The molecule has 0 radical (unpaired) electrons. The first-order valence-corrected chi connectivity index (χ1v) is 11.0. The summed E-state index contributed by atoms with van der Waals surface area (Å²) in [5.41, 5.74) is 1.59. The molecular weight excluding hydrogens is 466 g/mol. The third-order valence-electron chi connectivity index (χ3n) is 4.90. The fraction of sp³-hybridized carbons (Fsp3) is 0.154. The van der Waals surface area contributed by atoms with Gasteiger partial charge in [0.1, 0.15) is 6.34 Å². The number of carbonyl (C=O) groups excluding carboxylic acids is 3. The van der Waals surface area contributed by atoms with Crippen molar-refractivity contribution in [3.63, 3.8) is 0 Å². The van der Waals surface area contributed by atoms with Crippen LogP contribution in [-0.2, 0) is 9.47 Å². The van der Waals surface area contributed by atoms with Crippen LogP contribution in [0, 0.1) is 10.1 Å². The Morgan fingerprint density at radius 1 is 0.806 bits per heavy atom. The summed E-state index contributed by atoms with van der Waals surface area (Å²) < 4.78 is 9.95. The van der Waals surface area contributed by atoms with E-state index in [1.165, 1.54) is 47.6 Å². The second-order valence-corrected chi connectivity index (χ2v) is 7.26. The summed E-state index contributed by atoms with van der Waals surface area (Å²) in [5.74, 6) is -1.45. The molecule has 0 bridgehead atoms. The Labute approximate surface area is 206 Å². The second-order valence-electron chi connectivity index (χ2n) is 7.26. The lowest BCUT2D eigenvalue weighted by atomic mass is 10.1. The van der Waals surface area contributed by atoms with E-state index in [1.54, 1.807) is 50.2 Å². The van der Waals surface area contributed by atoms with Gasteiger partial charge < -0.3 is 9.47 Å². The molecule has 10 heteroatoms. The van der Waals surface area contributed by atoms with Gasteiger partial charge in [-0.15, -0.1) is 0 Å². The van der Waals surface area contributed by atoms with Gasteiger partial charge in [-0.3, -0.25) is 19.8 Å². The van der Waals surface area contributed by atoms with Gasteiger partial charge in [0.2, 0.25) is 0 Å². The van der Waals surface area contributed by atoms with Crippen LogP contribution < -0.4 is 4.90 Å². The van der Waals surface area contributed by atoms with Crippen LogP contribution in [0.25, 0.3) is 0 Å². The first-order chi connectivity index (χ1) is 17.3. The van der Waals surface area contributed by atoms with Gasteiger partial charge in [0.15, 0.2) is 0 Å². The van der Waals surface area contributed by atoms with Crippen LogP contribution in [0.15, 0.2) is 77.8 Å². The number of nitrogens with zero attached hydrogens (tertiary/aromatic N) is 3. The van der Waals surface area contributed by atoms with Crippen molar-refractivity contribution in [1.29, 1.82) is 0 Å². The molecule has 0 aliphatic heterocycles. The summed E-state index contributed by atoms with van der Waals surface area (Å²) in [6, 6.07) is 17.6. The standard InChI is InChI=1S/C26H23N3O7/c1-3-35-25(31)19-5-11-21(12-6-19)27-17-28(22-13-9-20(10-14-22)26(32)36-4-2)24(30)18-7-15-23(16-8-18)29(33)34/h5-17H,3-4H2,1-2H3. The van der Waals surface area contributed by atoms with E-state index >= 15 is 0 Å². The lowest BCUT2D eigenvalue weighted by molar-refractivity contribution is -0.384. The normalized spacial score (nSPS) is 10.6. The number of esters is 2. The number of carbonyl (C=O) groups is 3. The Hall–Kier alpha value is -4.86. The summed E-state index contributed by atoms with van der Waals surface area (Å²) in [4.78, 5) is 53.1. The van der Waals surface area contributed by atoms with Crippen LogP contribution in [-0.4, -0.2) is 42.3 Å². The number of benzene rings is 3. The predicted octanol–water partition coefficient (Wildman–Crippen LogP) is 4.96. The van der Waals surface area contributed by atoms with Gasteiger partial charge in [-0.1, -0.05) is 0 Å². The highest BCUT2D eigenvalue weighted by atomic mass is 16.6. The largest absolute Gasteiger partial charge is 0.462 e. The summed E-state index contributed by atoms with van der Waals surface area (Å²) >= 11 is 0. The Kier molecular flexibility index (Phi) is 8.60. The maximum atomic E-state index is 13.3. The molecule has 184 valence electrons. The number of amides is 1. The molecule has 0 fully saturated rings. The minimum Gasteiger partial charge on any atom is -0.462 e. The van der Waals surface area contributed by atoms with Gasteiger partial charge >= 0.3 is 11.9 Å². The van der Waals surface area contributed by atoms with Gasteiger partial charge in [0, 0.05) is 17.7 Å². The number of nitro benzene ring substituents is 1. The predicted molar refractivity (Wildman–Crippen MR) is 133 cm³/mol. The number of non-ortho nitro benzene ring substituents is 1. The van der Waals surface area contributed by atoms with Crippen molar-refractivity contribution in [3.8, 4) is 0 Å². The zero-order valence-corrected chi connectivity index (χ0v) is 19.6. The molecule has 0 unspecified atom stereocenters. The van der Waals surface area contributed by atoms with Crippen LogP contribution in [0.3, 0.4) is 0 Å². The molecule has 0 aliphatic rings. The average molecular weight is 489 g/mol. The number of rotatable bonds is 9. The number of hydrogen-bond donors (Lipinski definition) is 0. The van der Waals surface area contributed by atoms with E-state index in [-0.39, 0.29) is 24.5 Å². The third-order valence-corrected chi connectivity index (χ3v) is 4.90. The molecule has 0 saturated heterocycles. The van der Waals surface area contributed by atoms with Crippen LogP contribution in [0.1, 0.15) is 44.9 Å². The Bertz CT molecular complexity index is 1270. The Balaban J connectivity index is 1.92. The smallest absolute Gasteiger partial charge is 0.338 e. The van der Waals surface area contributed by atoms with Crippen molar-refractivity contribution in [1.82, 2.24) is 0 Å². The van der Waals surface area contributed by atoms with E-state index in [1.807, 2.05) is 0 Å². The fourth-order valence-corrected chi connectivity index (χ4v) is 3.10. The highest BCUT2D eigenvalue weighted by Gasteiger charge is 2.18. The number of hydrogen-bond acceptors (Lipinski definition) is 8. The van der Waals surface area contributed by atoms with Gasteiger partial charge in [-0.2, -0.15) is 0 Å². The van der Waals surface area contributed by atoms with E-state index in [2.05, 4.69) is 4.99 Å². The molecule has 0 atom stereocenters. The van der Waals surface area contributed by atoms with Crippen molar-refractivity contribution in [2.45, 2.75) is 13.8 Å². The van der Waals surface area contributed by atoms with Gasteiger partial charge in [0.25, 0.3) is 11.6 Å². The summed E-state index contributed by atoms with van der Waals surface area (Å²) in [6.07, 6.45) is 1.29. The summed E-state index contributed by atoms with van der Waals surface area (Å²) in [5, 5.41) is 11.0. The van der Waals surface area contributed by atoms with Gasteiger partial charge in [0.05, 0.1) is 40.6 Å². The van der Waals surface area contributed by atoms with E-state index in [0.29, 0.717) is 22.5 Å². The van der Waals surface area contributed by atoms with Crippen molar-refractivity contribution in [2.75, 3.05) is 18.1 Å². The summed E-state index contributed by atoms with van der Waals surface area (Å²) in [6.45, 7) is 3.90. The molecule has 0 N–H and O–H groups in total. The minimum absolute atomic E-state index is 0.146. The molecule has 0 aromatic heterocycles. The fourth-order valence-electron chi connectivity index (χ4n) is 3.10. The number of aliphatic imine (C=N–C) groups is 1. The molecular formula is C26H23N3O7. The molecule has 3 aromatic carbocycles. The summed E-state index contributed by atoms with van der Waals surface area (Å²) in [7, 11) is 0. The van der Waals surface area contributed by atoms with Crippen LogP contribution in [0.5, 0.6) is 0 Å². The Morgan fingerprint density at radius 2 is 1.28 bits per heavy atom. The maximum Gasteiger partial charge on any atom is 0.338 e. The molecule has 1 amide bonds. The highest BCUT2D eigenvalue weighted by Crippen LogP contribution is 2.21.